The number of allylic oxidation sites excluding steroid dienone is 6. The van der Waals surface area contributed by atoms with Crippen molar-refractivity contribution in [1.29, 1.82) is 0 Å². The monoisotopic (exact) mass is 199 g/mol. The lowest BCUT2D eigenvalue weighted by Crippen LogP contribution is -2.16. The molecule has 0 aromatic rings. The molecule has 0 heterocycles. The maximum Gasteiger partial charge on any atom is 0.00538 e. The van der Waals surface area contributed by atoms with Gasteiger partial charge in [0.25, 0.3) is 0 Å². The molecule has 0 heteroatoms. The maximum atomic E-state index is 3.67. The van der Waals surface area contributed by atoms with Crippen LogP contribution in [0.5, 0.6) is 0 Å². The highest BCUT2D eigenvalue weighted by Crippen LogP contribution is 2.42. The van der Waals surface area contributed by atoms with E-state index in [0.29, 0.717) is 0 Å². The van der Waals surface area contributed by atoms with Crippen LogP contribution in [0.3, 0.4) is 0 Å². The van der Waals surface area contributed by atoms with Crippen molar-refractivity contribution in [2.75, 3.05) is 0 Å². The van der Waals surface area contributed by atoms with E-state index in [-0.39, 0.29) is 0 Å². The van der Waals surface area contributed by atoms with E-state index in [9.17, 15) is 0 Å². The standard InChI is InChI=1S/C15H19/c1-2-7-12(6-1)14-10-3-4-11-15(14)13-8-5-9-13/h6,8,15H,1-5,7,9,11H2. The van der Waals surface area contributed by atoms with E-state index in [1.54, 1.807) is 16.7 Å². The lowest BCUT2D eigenvalue weighted by molar-refractivity contribution is 0.533. The van der Waals surface area contributed by atoms with Crippen molar-refractivity contribution in [2.24, 2.45) is 5.92 Å². The summed E-state index contributed by atoms with van der Waals surface area (Å²) in [6.45, 7) is 0. The van der Waals surface area contributed by atoms with E-state index in [4.69, 9.17) is 0 Å². The van der Waals surface area contributed by atoms with Gasteiger partial charge in [-0.3, -0.25) is 0 Å². The minimum atomic E-state index is 0.761. The molecular weight excluding hydrogens is 180 g/mol. The first-order valence-electron chi connectivity index (χ1n) is 6.44. The summed E-state index contributed by atoms with van der Waals surface area (Å²) >= 11 is 0. The smallest absolute Gasteiger partial charge is 0.00538 e. The third-order valence-electron chi connectivity index (χ3n) is 4.01. The van der Waals surface area contributed by atoms with Gasteiger partial charge in [-0.2, -0.15) is 0 Å². The normalized spacial score (nSPS) is 30.4. The van der Waals surface area contributed by atoms with Crippen molar-refractivity contribution in [3.8, 4) is 0 Å². The molecule has 79 valence electrons. The highest BCUT2D eigenvalue weighted by molar-refractivity contribution is 5.40. The largest absolute Gasteiger partial charge is 0.0844 e. The second-order valence-corrected chi connectivity index (χ2v) is 4.97. The van der Waals surface area contributed by atoms with Gasteiger partial charge in [0.15, 0.2) is 0 Å². The molecule has 1 radical (unpaired) electrons. The first kappa shape index (κ1) is 9.45. The SMILES string of the molecule is [C]1=C(C2=CCCC2)C(C2=CCC2)CCC1. The maximum absolute atomic E-state index is 3.67. The third kappa shape index (κ3) is 1.71. The van der Waals surface area contributed by atoms with Gasteiger partial charge < -0.3 is 0 Å². The quantitative estimate of drug-likeness (QED) is 0.580. The molecule has 0 bridgehead atoms. The Morgan fingerprint density at radius 3 is 2.67 bits per heavy atom. The molecule has 0 fully saturated rings. The number of hydrogen-bond acceptors (Lipinski definition) is 0. The molecule has 0 saturated carbocycles. The van der Waals surface area contributed by atoms with Crippen LogP contribution in [-0.2, 0) is 0 Å². The van der Waals surface area contributed by atoms with E-state index in [0.717, 1.165) is 5.92 Å². The third-order valence-corrected chi connectivity index (χ3v) is 4.01. The molecule has 1 atom stereocenters. The molecule has 0 spiro atoms. The Morgan fingerprint density at radius 1 is 1.07 bits per heavy atom. The lowest BCUT2D eigenvalue weighted by atomic mass is 9.74. The van der Waals surface area contributed by atoms with Crippen LogP contribution in [0, 0.1) is 12.0 Å². The fraction of sp³-hybridized carbons (Fsp3) is 0.600. The van der Waals surface area contributed by atoms with Crippen molar-refractivity contribution >= 4 is 0 Å². The van der Waals surface area contributed by atoms with Crippen LogP contribution in [0.1, 0.15) is 51.4 Å². The Bertz CT molecular complexity index is 341. The van der Waals surface area contributed by atoms with E-state index < -0.39 is 0 Å². The molecule has 0 nitrogen and oxygen atoms in total. The second-order valence-electron chi connectivity index (χ2n) is 4.97. The molecule has 0 N–H and O–H groups in total. The van der Waals surface area contributed by atoms with Gasteiger partial charge in [0.2, 0.25) is 0 Å². The summed E-state index contributed by atoms with van der Waals surface area (Å²) in [5.41, 5.74) is 4.93. The highest BCUT2D eigenvalue weighted by atomic mass is 14.3. The van der Waals surface area contributed by atoms with Crippen molar-refractivity contribution in [1.82, 2.24) is 0 Å². The van der Waals surface area contributed by atoms with Crippen molar-refractivity contribution in [3.05, 3.63) is 34.9 Å². The molecule has 3 aliphatic rings. The predicted molar refractivity (Wildman–Crippen MR) is 63.3 cm³/mol. The van der Waals surface area contributed by atoms with Crippen molar-refractivity contribution in [2.45, 2.75) is 51.4 Å². The molecular formula is C15H19. The summed E-state index contributed by atoms with van der Waals surface area (Å²) < 4.78 is 0. The minimum absolute atomic E-state index is 0.761. The topological polar surface area (TPSA) is 0 Å². The fourth-order valence-corrected chi connectivity index (χ4v) is 3.05. The Balaban J connectivity index is 1.86. The first-order valence-corrected chi connectivity index (χ1v) is 6.44. The summed E-state index contributed by atoms with van der Waals surface area (Å²) in [5, 5.41) is 0. The molecule has 0 aromatic carbocycles. The van der Waals surface area contributed by atoms with Gasteiger partial charge in [-0.15, -0.1) is 0 Å². The highest BCUT2D eigenvalue weighted by Gasteiger charge is 2.26. The van der Waals surface area contributed by atoms with Crippen LogP contribution in [0.15, 0.2) is 28.9 Å². The van der Waals surface area contributed by atoms with Crippen LogP contribution in [-0.4, -0.2) is 0 Å². The molecule has 0 aliphatic heterocycles. The second kappa shape index (κ2) is 4.00. The van der Waals surface area contributed by atoms with Gasteiger partial charge >= 0.3 is 0 Å². The Labute approximate surface area is 92.8 Å². The molecule has 0 amide bonds. The van der Waals surface area contributed by atoms with Gasteiger partial charge in [-0.25, -0.2) is 0 Å². The Morgan fingerprint density at radius 2 is 2.00 bits per heavy atom. The molecule has 3 aliphatic carbocycles. The molecule has 15 heavy (non-hydrogen) atoms. The van der Waals surface area contributed by atoms with Crippen LogP contribution in [0.4, 0.5) is 0 Å². The van der Waals surface area contributed by atoms with Crippen LogP contribution in [0.25, 0.3) is 0 Å². The zero-order chi connectivity index (χ0) is 10.1. The summed E-state index contributed by atoms with van der Waals surface area (Å²) in [7, 11) is 0. The predicted octanol–water partition coefficient (Wildman–Crippen LogP) is 4.35. The van der Waals surface area contributed by atoms with Gasteiger partial charge in [0, 0.05) is 5.92 Å². The first-order chi connectivity index (χ1) is 7.45. The Hall–Kier alpha value is -0.780. The number of rotatable bonds is 2. The average Bonchev–Trinajstić information content (AvgIpc) is 2.69. The van der Waals surface area contributed by atoms with Crippen molar-refractivity contribution < 1.29 is 0 Å². The van der Waals surface area contributed by atoms with Crippen LogP contribution < -0.4 is 0 Å². The van der Waals surface area contributed by atoms with Gasteiger partial charge in [0.1, 0.15) is 0 Å². The molecule has 0 aromatic heterocycles. The molecule has 1 unspecified atom stereocenters. The van der Waals surface area contributed by atoms with Crippen LogP contribution >= 0.6 is 0 Å². The van der Waals surface area contributed by atoms with E-state index in [2.05, 4.69) is 18.2 Å². The van der Waals surface area contributed by atoms with Gasteiger partial charge in [-0.05, 0) is 68.6 Å². The summed E-state index contributed by atoms with van der Waals surface area (Å²) in [4.78, 5) is 0. The van der Waals surface area contributed by atoms with Gasteiger partial charge in [-0.1, -0.05) is 17.7 Å². The van der Waals surface area contributed by atoms with E-state index >= 15 is 0 Å². The zero-order valence-electron chi connectivity index (χ0n) is 9.39. The minimum Gasteiger partial charge on any atom is -0.0844 e. The number of hydrogen-bond donors (Lipinski definition) is 0. The van der Waals surface area contributed by atoms with Crippen LogP contribution in [0.2, 0.25) is 0 Å². The summed E-state index contributed by atoms with van der Waals surface area (Å²) in [5.74, 6) is 0.761. The van der Waals surface area contributed by atoms with E-state index in [1.807, 2.05) is 0 Å². The summed E-state index contributed by atoms with van der Waals surface area (Å²) in [6.07, 6.45) is 19.1. The Kier molecular flexibility index (Phi) is 2.52. The van der Waals surface area contributed by atoms with E-state index in [1.165, 1.54) is 51.4 Å². The zero-order valence-corrected chi connectivity index (χ0v) is 9.39. The molecule has 3 rings (SSSR count). The fourth-order valence-electron chi connectivity index (χ4n) is 3.05. The van der Waals surface area contributed by atoms with Crippen molar-refractivity contribution in [3.63, 3.8) is 0 Å². The average molecular weight is 199 g/mol. The summed E-state index contributed by atoms with van der Waals surface area (Å²) in [6, 6.07) is 0. The lowest BCUT2D eigenvalue weighted by Gasteiger charge is -2.31. The molecule has 0 saturated heterocycles. The van der Waals surface area contributed by atoms with Gasteiger partial charge in [0.05, 0.1) is 0 Å².